The van der Waals surface area contributed by atoms with Crippen molar-refractivity contribution in [3.8, 4) is 28.5 Å². The molecule has 1 atom stereocenters. The van der Waals surface area contributed by atoms with Gasteiger partial charge in [0, 0.05) is 25.3 Å². The van der Waals surface area contributed by atoms with E-state index in [9.17, 15) is 9.59 Å². The predicted molar refractivity (Wildman–Crippen MR) is 119 cm³/mol. The maximum absolute atomic E-state index is 13.0. The predicted octanol–water partition coefficient (Wildman–Crippen LogP) is 2.62. The molecule has 2 aromatic heterocycles. The lowest BCUT2D eigenvalue weighted by Gasteiger charge is -2.14. The van der Waals surface area contributed by atoms with E-state index in [4.69, 9.17) is 19.3 Å². The van der Waals surface area contributed by atoms with Crippen LogP contribution in [0.25, 0.3) is 22.3 Å². The molecule has 0 unspecified atom stereocenters. The number of carboxylic acid groups (broad SMARTS) is 1. The zero-order chi connectivity index (χ0) is 23.2. The Balaban J connectivity index is 1.34. The Kier molecular flexibility index (Phi) is 4.89. The van der Waals surface area contributed by atoms with Crippen LogP contribution in [0.4, 0.5) is 4.79 Å². The number of carbonyl (C=O) groups is 2. The monoisotopic (exact) mass is 465 g/mol. The molecule has 1 saturated heterocycles. The largest absolute Gasteiger partial charge is 0.492 e. The third kappa shape index (κ3) is 3.62. The molecule has 176 valence electrons. The van der Waals surface area contributed by atoms with Crippen LogP contribution >= 0.6 is 0 Å². The number of nitrogens with zero attached hydrogens (tertiary/aromatic N) is 3. The number of hydrogen-bond donors (Lipinski definition) is 3. The number of aromatic amines is 1. The molecule has 2 aliphatic heterocycles. The zero-order valence-corrected chi connectivity index (χ0v) is 18.2. The maximum atomic E-state index is 13.0. The van der Waals surface area contributed by atoms with E-state index in [1.165, 1.54) is 11.2 Å². The van der Waals surface area contributed by atoms with Crippen molar-refractivity contribution in [2.24, 2.45) is 5.92 Å². The second-order valence-electron chi connectivity index (χ2n) is 8.76. The van der Waals surface area contributed by atoms with Crippen molar-refractivity contribution in [1.29, 1.82) is 0 Å². The highest BCUT2D eigenvalue weighted by Gasteiger charge is 2.30. The van der Waals surface area contributed by atoms with Gasteiger partial charge in [-0.1, -0.05) is 0 Å². The highest BCUT2D eigenvalue weighted by Crippen LogP contribution is 2.48. The molecule has 4 heterocycles. The van der Waals surface area contributed by atoms with E-state index in [-0.39, 0.29) is 25.3 Å². The van der Waals surface area contributed by atoms with Gasteiger partial charge in [-0.2, -0.15) is 0 Å². The fourth-order valence-electron chi connectivity index (χ4n) is 4.41. The van der Waals surface area contributed by atoms with Crippen LogP contribution in [0.3, 0.4) is 0 Å². The van der Waals surface area contributed by atoms with E-state index < -0.39 is 6.09 Å². The minimum atomic E-state index is -0.984. The molecule has 34 heavy (non-hydrogen) atoms. The molecule has 6 rings (SSSR count). The summed E-state index contributed by atoms with van der Waals surface area (Å²) in [5.41, 5.74) is 2.60. The smallest absolute Gasteiger partial charge is 0.407 e. The lowest BCUT2D eigenvalue weighted by atomic mass is 10.1. The quantitative estimate of drug-likeness (QED) is 0.505. The van der Waals surface area contributed by atoms with Gasteiger partial charge < -0.3 is 34.5 Å². The molecule has 1 aliphatic carbocycles. The van der Waals surface area contributed by atoms with E-state index in [0.717, 1.165) is 12.8 Å². The number of H-pyrrole nitrogens is 1. The first-order valence-corrected chi connectivity index (χ1v) is 11.2. The lowest BCUT2D eigenvalue weighted by molar-refractivity contribution is 0.0937. The van der Waals surface area contributed by atoms with Gasteiger partial charge in [-0.15, -0.1) is 0 Å². The van der Waals surface area contributed by atoms with Crippen LogP contribution in [0.2, 0.25) is 0 Å². The van der Waals surface area contributed by atoms with Crippen molar-refractivity contribution < 1.29 is 28.9 Å². The van der Waals surface area contributed by atoms with E-state index in [1.54, 1.807) is 6.20 Å². The Morgan fingerprint density at radius 2 is 2.12 bits per heavy atom. The van der Waals surface area contributed by atoms with Crippen LogP contribution in [-0.4, -0.2) is 69.5 Å². The molecule has 1 aromatic carbocycles. The van der Waals surface area contributed by atoms with Crippen molar-refractivity contribution in [2.75, 3.05) is 26.5 Å². The molecule has 3 aliphatic rings. The van der Waals surface area contributed by atoms with Crippen LogP contribution in [-0.2, 0) is 0 Å². The van der Waals surface area contributed by atoms with Gasteiger partial charge >= 0.3 is 6.09 Å². The summed E-state index contributed by atoms with van der Waals surface area (Å²) in [6.45, 7) is 1.38. The third-order valence-electron chi connectivity index (χ3n) is 6.41. The Labute approximate surface area is 194 Å². The molecule has 2 amide bonds. The second-order valence-corrected chi connectivity index (χ2v) is 8.76. The molecule has 1 saturated carbocycles. The number of amides is 2. The maximum Gasteiger partial charge on any atom is 0.407 e. The van der Waals surface area contributed by atoms with Crippen molar-refractivity contribution >= 4 is 23.0 Å². The van der Waals surface area contributed by atoms with Crippen LogP contribution in [0.1, 0.15) is 29.6 Å². The average Bonchev–Trinajstić information content (AvgIpc) is 3.20. The summed E-state index contributed by atoms with van der Waals surface area (Å²) in [6.07, 6.45) is 4.91. The fourth-order valence-corrected chi connectivity index (χ4v) is 4.41. The summed E-state index contributed by atoms with van der Waals surface area (Å²) in [5, 5.41) is 12.1. The molecular formula is C23H23N5O6. The minimum Gasteiger partial charge on any atom is -0.492 e. The molecule has 0 radical (unpaired) electrons. The van der Waals surface area contributed by atoms with E-state index in [1.807, 2.05) is 12.1 Å². The Morgan fingerprint density at radius 1 is 1.24 bits per heavy atom. The fraction of sp³-hybridized carbons (Fsp3) is 0.391. The van der Waals surface area contributed by atoms with Gasteiger partial charge in [0.1, 0.15) is 23.3 Å². The van der Waals surface area contributed by atoms with Crippen molar-refractivity contribution in [3.63, 3.8) is 0 Å². The van der Waals surface area contributed by atoms with Crippen molar-refractivity contribution in [1.82, 2.24) is 25.2 Å². The van der Waals surface area contributed by atoms with Gasteiger partial charge in [0.05, 0.1) is 23.3 Å². The molecular weight excluding hydrogens is 442 g/mol. The van der Waals surface area contributed by atoms with Gasteiger partial charge in [-0.25, -0.2) is 14.8 Å². The van der Waals surface area contributed by atoms with Gasteiger partial charge in [-0.3, -0.25) is 4.79 Å². The summed E-state index contributed by atoms with van der Waals surface area (Å²) in [7, 11) is 0. The number of carbonyl (C=O) groups excluding carboxylic acids is 1. The summed E-state index contributed by atoms with van der Waals surface area (Å²) >= 11 is 0. The molecule has 11 heteroatoms. The van der Waals surface area contributed by atoms with Crippen molar-refractivity contribution in [3.05, 3.63) is 30.2 Å². The highest BCUT2D eigenvalue weighted by atomic mass is 16.7. The summed E-state index contributed by atoms with van der Waals surface area (Å²) < 4.78 is 17.4. The molecule has 3 N–H and O–H groups in total. The standard InChI is InChI=1S/C23H23N5O6/c29-22(27-13-5-6-28(8-13)23(30)31)14-7-24-20-18(14)25-10-26-19(20)17-15(32-9-12-1-2-12)3-4-16-21(17)34-11-33-16/h3-4,7,10,12-13,24H,1-2,5-6,8-9,11H2,(H,27,29)(H,30,31)/t13-/m1/s1. The number of rotatable bonds is 6. The topological polar surface area (TPSA) is 139 Å². The first-order chi connectivity index (χ1) is 16.6. The number of aromatic nitrogens is 3. The number of benzene rings is 1. The number of likely N-dealkylation sites (tertiary alicyclic amines) is 1. The molecule has 0 bridgehead atoms. The normalized spacial score (nSPS) is 18.9. The van der Waals surface area contributed by atoms with Gasteiger partial charge in [0.25, 0.3) is 5.91 Å². The molecule has 0 spiro atoms. The van der Waals surface area contributed by atoms with Crippen LogP contribution < -0.4 is 19.5 Å². The average molecular weight is 465 g/mol. The SMILES string of the molecule is O=C(N[C@@H]1CCN(C(=O)O)C1)c1c[nH]c2c(-c3c(OCC4CC4)ccc4c3OCO4)ncnc12. The second kappa shape index (κ2) is 8.08. The minimum absolute atomic E-state index is 0.107. The first kappa shape index (κ1) is 20.6. The Bertz CT molecular complexity index is 1290. The Hall–Kier alpha value is -4.02. The van der Waals surface area contributed by atoms with Crippen LogP contribution in [0.15, 0.2) is 24.7 Å². The summed E-state index contributed by atoms with van der Waals surface area (Å²) in [4.78, 5) is 37.5. The number of nitrogens with one attached hydrogen (secondary N) is 2. The molecule has 11 nitrogen and oxygen atoms in total. The van der Waals surface area contributed by atoms with Gasteiger partial charge in [0.2, 0.25) is 6.79 Å². The highest BCUT2D eigenvalue weighted by molar-refractivity contribution is 6.08. The number of fused-ring (bicyclic) bond motifs is 2. The van der Waals surface area contributed by atoms with E-state index in [2.05, 4.69) is 20.3 Å². The number of hydrogen-bond acceptors (Lipinski definition) is 7. The van der Waals surface area contributed by atoms with Crippen LogP contribution in [0.5, 0.6) is 17.2 Å². The van der Waals surface area contributed by atoms with Gasteiger partial charge in [-0.05, 0) is 37.3 Å². The zero-order valence-electron chi connectivity index (χ0n) is 18.2. The summed E-state index contributed by atoms with van der Waals surface area (Å²) in [5.74, 6) is 2.03. The molecule has 3 aromatic rings. The Morgan fingerprint density at radius 3 is 2.91 bits per heavy atom. The third-order valence-corrected chi connectivity index (χ3v) is 6.41. The van der Waals surface area contributed by atoms with E-state index >= 15 is 0 Å². The van der Waals surface area contributed by atoms with Gasteiger partial charge in [0.15, 0.2) is 11.5 Å². The van der Waals surface area contributed by atoms with E-state index in [0.29, 0.717) is 70.6 Å². The van der Waals surface area contributed by atoms with Crippen LogP contribution in [0, 0.1) is 5.92 Å². The number of ether oxygens (including phenoxy) is 3. The summed E-state index contributed by atoms with van der Waals surface area (Å²) in [6, 6.07) is 3.42. The first-order valence-electron chi connectivity index (χ1n) is 11.2. The van der Waals surface area contributed by atoms with Crippen molar-refractivity contribution in [2.45, 2.75) is 25.3 Å². The lowest BCUT2D eigenvalue weighted by Crippen LogP contribution is -2.38. The molecule has 2 fully saturated rings.